The van der Waals surface area contributed by atoms with Crippen molar-refractivity contribution in [2.75, 3.05) is 5.32 Å². The molecule has 0 radical (unpaired) electrons. The molecule has 0 unspecified atom stereocenters. The second-order valence-corrected chi connectivity index (χ2v) is 9.22. The highest BCUT2D eigenvalue weighted by Crippen LogP contribution is 2.34. The van der Waals surface area contributed by atoms with Crippen LogP contribution in [-0.4, -0.2) is 8.05 Å². The zero-order valence-corrected chi connectivity index (χ0v) is 11.5. The van der Waals surface area contributed by atoms with E-state index in [4.69, 9.17) is 0 Å². The lowest BCUT2D eigenvalue weighted by Gasteiger charge is -2.12. The molecule has 0 aromatic heterocycles. The highest BCUT2D eigenvalue weighted by atomic mass is 80.0. The number of carbonyl (C=O) groups is 1. The summed E-state index contributed by atoms with van der Waals surface area (Å²) >= 11 is 9.19. The average Bonchev–Trinajstić information content (AvgIpc) is 2.07. The summed E-state index contributed by atoms with van der Waals surface area (Å²) in [6.45, 7) is 0. The van der Waals surface area contributed by atoms with Crippen LogP contribution in [0.2, 0.25) is 0 Å². The van der Waals surface area contributed by atoms with Gasteiger partial charge in [0, 0.05) is 5.69 Å². The van der Waals surface area contributed by atoms with Crippen molar-refractivity contribution in [2.45, 2.75) is 2.14 Å². The number of nitrogens with one attached hydrogen (secondary N) is 1. The number of rotatable bonds is 1. The molecule has 1 aromatic rings. The van der Waals surface area contributed by atoms with E-state index in [2.05, 4.69) is 53.1 Å². The van der Waals surface area contributed by atoms with Gasteiger partial charge in [-0.2, -0.15) is 0 Å². The molecule has 0 heterocycles. The normalized spacial score (nSPS) is 11.1. The maximum Gasteiger partial charge on any atom is 0.263 e. The SMILES string of the molecule is O=C(Nc1ccc(F)cc1)C(Br)(Br)Br. The monoisotopic (exact) mass is 387 g/mol. The van der Waals surface area contributed by atoms with E-state index in [9.17, 15) is 9.18 Å². The fourth-order valence-corrected chi connectivity index (χ4v) is 1.03. The van der Waals surface area contributed by atoms with Crippen molar-refractivity contribution in [3.8, 4) is 0 Å². The van der Waals surface area contributed by atoms with Crippen LogP contribution in [0.3, 0.4) is 0 Å². The van der Waals surface area contributed by atoms with Crippen molar-refractivity contribution < 1.29 is 9.18 Å². The van der Waals surface area contributed by atoms with Crippen LogP contribution in [0.1, 0.15) is 0 Å². The standard InChI is InChI=1S/C8H5Br3FNO/c9-8(10,11)7(14)13-6-3-1-5(12)2-4-6/h1-4H,(H,13,14). The third-order valence-electron chi connectivity index (χ3n) is 1.36. The molecule has 1 N–H and O–H groups in total. The van der Waals surface area contributed by atoms with Gasteiger partial charge in [-0.15, -0.1) is 0 Å². The van der Waals surface area contributed by atoms with Gasteiger partial charge in [0.15, 0.2) is 0 Å². The summed E-state index contributed by atoms with van der Waals surface area (Å²) in [7, 11) is 0. The van der Waals surface area contributed by atoms with Gasteiger partial charge in [-0.3, -0.25) is 4.79 Å². The lowest BCUT2D eigenvalue weighted by atomic mass is 10.3. The second-order valence-electron chi connectivity index (χ2n) is 2.46. The number of halogens is 4. The van der Waals surface area contributed by atoms with E-state index in [-0.39, 0.29) is 11.7 Å². The minimum atomic E-state index is -0.999. The lowest BCUT2D eigenvalue weighted by molar-refractivity contribution is -0.114. The molecule has 0 fully saturated rings. The van der Waals surface area contributed by atoms with Gasteiger partial charge in [-0.1, -0.05) is 0 Å². The van der Waals surface area contributed by atoms with E-state index in [0.29, 0.717) is 5.69 Å². The Balaban J connectivity index is 2.71. The molecule has 0 saturated carbocycles. The Morgan fingerprint density at radius 1 is 1.21 bits per heavy atom. The van der Waals surface area contributed by atoms with Crippen LogP contribution in [0, 0.1) is 5.82 Å². The summed E-state index contributed by atoms with van der Waals surface area (Å²) < 4.78 is 11.5. The van der Waals surface area contributed by atoms with E-state index in [1.54, 1.807) is 0 Å². The Labute approximate surface area is 106 Å². The van der Waals surface area contributed by atoms with Gasteiger partial charge in [-0.05, 0) is 72.1 Å². The molecule has 0 aliphatic heterocycles. The molecule has 0 saturated heterocycles. The van der Waals surface area contributed by atoms with Crippen molar-refractivity contribution in [2.24, 2.45) is 0 Å². The molecule has 1 rings (SSSR count). The molecular formula is C8H5Br3FNO. The van der Waals surface area contributed by atoms with Crippen LogP contribution in [0.15, 0.2) is 24.3 Å². The fraction of sp³-hybridized carbons (Fsp3) is 0.125. The van der Waals surface area contributed by atoms with E-state index in [1.807, 2.05) is 0 Å². The summed E-state index contributed by atoms with van der Waals surface area (Å²) in [6.07, 6.45) is 0. The summed E-state index contributed by atoms with van der Waals surface area (Å²) in [4.78, 5) is 11.4. The molecule has 0 aliphatic rings. The quantitative estimate of drug-likeness (QED) is 0.730. The number of carbonyl (C=O) groups excluding carboxylic acids is 1. The molecule has 0 atom stereocenters. The molecule has 0 bridgehead atoms. The average molecular weight is 390 g/mol. The number of hydrogen-bond acceptors (Lipinski definition) is 1. The van der Waals surface area contributed by atoms with Crippen LogP contribution in [0.5, 0.6) is 0 Å². The van der Waals surface area contributed by atoms with Gasteiger partial charge < -0.3 is 5.32 Å². The number of hydrogen-bond donors (Lipinski definition) is 1. The van der Waals surface area contributed by atoms with Crippen molar-refractivity contribution in [3.63, 3.8) is 0 Å². The predicted octanol–water partition coefficient (Wildman–Crippen LogP) is 3.60. The van der Waals surface area contributed by atoms with E-state index in [0.717, 1.165) is 0 Å². The van der Waals surface area contributed by atoms with Gasteiger partial charge in [0.1, 0.15) is 5.82 Å². The lowest BCUT2D eigenvalue weighted by Crippen LogP contribution is -2.25. The van der Waals surface area contributed by atoms with Gasteiger partial charge in [0.05, 0.1) is 0 Å². The van der Waals surface area contributed by atoms with Crippen molar-refractivity contribution >= 4 is 59.4 Å². The molecule has 76 valence electrons. The number of benzene rings is 1. The Hall–Kier alpha value is 0.0600. The Kier molecular flexibility index (Phi) is 4.09. The second kappa shape index (κ2) is 4.72. The maximum absolute atomic E-state index is 12.5. The molecule has 1 aromatic carbocycles. The molecule has 1 amide bonds. The van der Waals surface area contributed by atoms with Crippen LogP contribution < -0.4 is 5.32 Å². The minimum absolute atomic E-state index is 0.330. The van der Waals surface area contributed by atoms with E-state index >= 15 is 0 Å². The topological polar surface area (TPSA) is 29.1 Å². The highest BCUT2D eigenvalue weighted by molar-refractivity contribution is 9.40. The molecule has 2 nitrogen and oxygen atoms in total. The van der Waals surface area contributed by atoms with E-state index < -0.39 is 2.14 Å². The molecule has 0 spiro atoms. The summed E-state index contributed by atoms with van der Waals surface area (Å²) in [5.41, 5.74) is 0.527. The molecule has 6 heteroatoms. The van der Waals surface area contributed by atoms with Crippen LogP contribution in [0.25, 0.3) is 0 Å². The summed E-state index contributed by atoms with van der Waals surface area (Å²) in [5, 5.41) is 2.56. The zero-order valence-electron chi connectivity index (χ0n) is 6.73. The van der Waals surface area contributed by atoms with Gasteiger partial charge in [0.25, 0.3) is 5.91 Å². The fourth-order valence-electron chi connectivity index (χ4n) is 0.735. The summed E-state index contributed by atoms with van der Waals surface area (Å²) in [6, 6.07) is 5.50. The van der Waals surface area contributed by atoms with Crippen molar-refractivity contribution in [1.29, 1.82) is 0 Å². The Bertz CT molecular complexity index is 333. The Morgan fingerprint density at radius 2 is 1.71 bits per heavy atom. The van der Waals surface area contributed by atoms with Crippen molar-refractivity contribution in [3.05, 3.63) is 30.1 Å². The third-order valence-corrected chi connectivity index (χ3v) is 2.44. The first-order chi connectivity index (χ1) is 6.39. The van der Waals surface area contributed by atoms with E-state index in [1.165, 1.54) is 24.3 Å². The third kappa shape index (κ3) is 3.67. The van der Waals surface area contributed by atoms with Gasteiger partial charge in [0.2, 0.25) is 2.14 Å². The number of anilines is 1. The Morgan fingerprint density at radius 3 is 2.14 bits per heavy atom. The summed E-state index contributed by atoms with van der Waals surface area (Å²) in [5.74, 6) is -0.671. The largest absolute Gasteiger partial charge is 0.323 e. The highest BCUT2D eigenvalue weighted by Gasteiger charge is 2.28. The number of amides is 1. The smallest absolute Gasteiger partial charge is 0.263 e. The zero-order chi connectivity index (χ0) is 10.8. The first kappa shape index (κ1) is 12.1. The first-order valence-corrected chi connectivity index (χ1v) is 5.91. The predicted molar refractivity (Wildman–Crippen MR) is 64.5 cm³/mol. The van der Waals surface area contributed by atoms with Gasteiger partial charge >= 0.3 is 0 Å². The molecular weight excluding hydrogens is 385 g/mol. The maximum atomic E-state index is 12.5. The van der Waals surface area contributed by atoms with Crippen LogP contribution in [0.4, 0.5) is 10.1 Å². The molecule has 0 aliphatic carbocycles. The molecule has 14 heavy (non-hydrogen) atoms. The first-order valence-electron chi connectivity index (χ1n) is 3.53. The van der Waals surface area contributed by atoms with Crippen LogP contribution in [-0.2, 0) is 4.79 Å². The van der Waals surface area contributed by atoms with Gasteiger partial charge in [-0.25, -0.2) is 4.39 Å². The minimum Gasteiger partial charge on any atom is -0.323 e. The van der Waals surface area contributed by atoms with Crippen molar-refractivity contribution in [1.82, 2.24) is 0 Å². The van der Waals surface area contributed by atoms with Crippen LogP contribution >= 0.6 is 47.8 Å². The number of alkyl halides is 3.